The number of allylic oxidation sites excluding steroid dienone is 5. The zero-order chi connectivity index (χ0) is 7.28. The smallest absolute Gasteiger partial charge is 0.0891 e. The first-order valence-corrected chi connectivity index (χ1v) is 2.89. The number of hydrogen-bond donors (Lipinski definition) is 1. The van der Waals surface area contributed by atoms with E-state index in [1.807, 2.05) is 0 Å². The van der Waals surface area contributed by atoms with Gasteiger partial charge in [-0.2, -0.15) is 0 Å². The van der Waals surface area contributed by atoms with E-state index < -0.39 is 0 Å². The van der Waals surface area contributed by atoms with Crippen LogP contribution in [0.15, 0.2) is 35.6 Å². The van der Waals surface area contributed by atoms with Gasteiger partial charge in [-0.25, -0.2) is 0 Å². The summed E-state index contributed by atoms with van der Waals surface area (Å²) in [6.07, 6.45) is 4.76. The Hall–Kier alpha value is -0.690. The third-order valence-corrected chi connectivity index (χ3v) is 0.740. The molecular weight excluding hydrogens is 136 g/mol. The highest BCUT2D eigenvalue weighted by Gasteiger charge is 1.74. The lowest BCUT2D eigenvalue weighted by atomic mass is 10.4. The minimum atomic E-state index is 0.254. The molecule has 0 bridgehead atoms. The summed E-state index contributed by atoms with van der Waals surface area (Å²) in [5.41, 5.74) is 0. The summed E-state index contributed by atoms with van der Waals surface area (Å²) >= 11 is 5.37. The zero-order valence-corrected chi connectivity index (χ0v) is 6.02. The van der Waals surface area contributed by atoms with Gasteiger partial charge in [0.25, 0.3) is 0 Å². The predicted octanol–water partition coefficient (Wildman–Crippen LogP) is 2.76. The van der Waals surface area contributed by atoms with E-state index in [-0.39, 0.29) is 5.76 Å². The summed E-state index contributed by atoms with van der Waals surface area (Å²) < 4.78 is 0. The molecule has 0 aliphatic carbocycles. The van der Waals surface area contributed by atoms with Crippen molar-refractivity contribution >= 4 is 11.6 Å². The maximum Gasteiger partial charge on any atom is 0.0891 e. The van der Waals surface area contributed by atoms with E-state index in [2.05, 4.69) is 6.58 Å². The first-order valence-electron chi connectivity index (χ1n) is 2.51. The highest BCUT2D eigenvalue weighted by atomic mass is 35.5. The Morgan fingerprint density at radius 3 is 2.56 bits per heavy atom. The van der Waals surface area contributed by atoms with Crippen LogP contribution in [0.2, 0.25) is 0 Å². The average molecular weight is 145 g/mol. The summed E-state index contributed by atoms with van der Waals surface area (Å²) in [4.78, 5) is 0. The van der Waals surface area contributed by atoms with Gasteiger partial charge in [0.2, 0.25) is 0 Å². The molecule has 0 aromatic rings. The topological polar surface area (TPSA) is 20.2 Å². The van der Waals surface area contributed by atoms with Crippen LogP contribution in [-0.4, -0.2) is 5.11 Å². The van der Waals surface area contributed by atoms with Crippen LogP contribution < -0.4 is 0 Å². The van der Waals surface area contributed by atoms with Crippen LogP contribution in [0.3, 0.4) is 0 Å². The van der Waals surface area contributed by atoms with Crippen molar-refractivity contribution in [2.24, 2.45) is 0 Å². The van der Waals surface area contributed by atoms with Crippen molar-refractivity contribution in [3.63, 3.8) is 0 Å². The van der Waals surface area contributed by atoms with Gasteiger partial charge in [-0.3, -0.25) is 0 Å². The molecular formula is C7H9ClO. The summed E-state index contributed by atoms with van der Waals surface area (Å²) in [5, 5.41) is 9.05. The Morgan fingerprint density at radius 1 is 1.67 bits per heavy atom. The summed E-state index contributed by atoms with van der Waals surface area (Å²) in [7, 11) is 0. The number of halogens is 1. The SMILES string of the molecule is C=C(Cl)/C=C\C=C(/C)O. The number of rotatable bonds is 2. The third kappa shape index (κ3) is 7.31. The van der Waals surface area contributed by atoms with Gasteiger partial charge < -0.3 is 5.11 Å². The second-order valence-electron chi connectivity index (χ2n) is 1.61. The molecule has 0 unspecified atom stereocenters. The molecule has 2 heteroatoms. The molecule has 50 valence electrons. The Kier molecular flexibility index (Phi) is 3.89. The van der Waals surface area contributed by atoms with Gasteiger partial charge in [-0.1, -0.05) is 24.3 Å². The quantitative estimate of drug-likeness (QED) is 0.467. The van der Waals surface area contributed by atoms with Crippen LogP contribution in [0.1, 0.15) is 6.92 Å². The molecule has 0 amide bonds. The Balaban J connectivity index is 3.74. The van der Waals surface area contributed by atoms with E-state index >= 15 is 0 Å². The van der Waals surface area contributed by atoms with Gasteiger partial charge in [0.1, 0.15) is 0 Å². The molecule has 0 aromatic heterocycles. The normalized spacial score (nSPS) is 12.4. The highest BCUT2D eigenvalue weighted by Crippen LogP contribution is 1.98. The van der Waals surface area contributed by atoms with E-state index in [9.17, 15) is 0 Å². The second kappa shape index (κ2) is 4.21. The van der Waals surface area contributed by atoms with Gasteiger partial charge in [0.05, 0.1) is 5.76 Å². The molecule has 0 rings (SSSR count). The maximum absolute atomic E-state index is 8.60. The van der Waals surface area contributed by atoms with E-state index in [4.69, 9.17) is 16.7 Å². The lowest BCUT2D eigenvalue weighted by Gasteiger charge is -1.81. The standard InChI is InChI=1S/C7H9ClO/c1-6(8)4-3-5-7(2)9/h3-5,9H,1H2,2H3/b4-3-,7-5+. The molecule has 9 heavy (non-hydrogen) atoms. The summed E-state index contributed by atoms with van der Waals surface area (Å²) in [6.45, 7) is 5.00. The number of aliphatic hydroxyl groups excluding tert-OH is 1. The van der Waals surface area contributed by atoms with Crippen molar-refractivity contribution in [3.8, 4) is 0 Å². The van der Waals surface area contributed by atoms with Crippen molar-refractivity contribution in [2.45, 2.75) is 6.92 Å². The lowest BCUT2D eigenvalue weighted by Crippen LogP contribution is -1.64. The summed E-state index contributed by atoms with van der Waals surface area (Å²) in [5.74, 6) is 0.254. The van der Waals surface area contributed by atoms with Crippen LogP contribution in [-0.2, 0) is 0 Å². The van der Waals surface area contributed by atoms with Gasteiger partial charge >= 0.3 is 0 Å². The molecule has 0 aliphatic heterocycles. The fraction of sp³-hybridized carbons (Fsp3) is 0.143. The molecule has 1 N–H and O–H groups in total. The Bertz CT molecular complexity index is 152. The molecule has 0 atom stereocenters. The van der Waals surface area contributed by atoms with Crippen molar-refractivity contribution in [1.29, 1.82) is 0 Å². The molecule has 0 saturated carbocycles. The average Bonchev–Trinajstić information content (AvgIpc) is 1.63. The van der Waals surface area contributed by atoms with Gasteiger partial charge in [-0.05, 0) is 19.1 Å². The fourth-order valence-electron chi connectivity index (χ4n) is 0.292. The highest BCUT2D eigenvalue weighted by molar-refractivity contribution is 6.30. The van der Waals surface area contributed by atoms with Gasteiger partial charge in [0, 0.05) is 5.03 Å². The molecule has 0 heterocycles. The number of aliphatic hydroxyl groups is 1. The number of hydrogen-bond acceptors (Lipinski definition) is 1. The monoisotopic (exact) mass is 144 g/mol. The van der Waals surface area contributed by atoms with Crippen molar-refractivity contribution in [1.82, 2.24) is 0 Å². The van der Waals surface area contributed by atoms with Gasteiger partial charge in [0.15, 0.2) is 0 Å². The molecule has 0 saturated heterocycles. The molecule has 0 radical (unpaired) electrons. The zero-order valence-electron chi connectivity index (χ0n) is 5.26. The van der Waals surface area contributed by atoms with Crippen molar-refractivity contribution in [3.05, 3.63) is 35.6 Å². The Morgan fingerprint density at radius 2 is 2.22 bits per heavy atom. The molecule has 1 nitrogen and oxygen atoms in total. The van der Waals surface area contributed by atoms with Crippen LogP contribution in [0.25, 0.3) is 0 Å². The third-order valence-electron chi connectivity index (χ3n) is 0.614. The maximum atomic E-state index is 8.60. The van der Waals surface area contributed by atoms with Gasteiger partial charge in [-0.15, -0.1) is 0 Å². The largest absolute Gasteiger partial charge is 0.513 e. The van der Waals surface area contributed by atoms with Crippen molar-refractivity contribution in [2.75, 3.05) is 0 Å². The first kappa shape index (κ1) is 8.31. The van der Waals surface area contributed by atoms with Crippen LogP contribution in [0, 0.1) is 0 Å². The fourth-order valence-corrected chi connectivity index (χ4v) is 0.365. The molecule has 0 aliphatic rings. The molecule has 0 aromatic carbocycles. The van der Waals surface area contributed by atoms with E-state index in [1.165, 1.54) is 6.08 Å². The van der Waals surface area contributed by atoms with Crippen LogP contribution >= 0.6 is 11.6 Å². The Labute approximate surface area is 60.0 Å². The minimum absolute atomic E-state index is 0.254. The lowest BCUT2D eigenvalue weighted by molar-refractivity contribution is 0.414. The molecule has 0 fully saturated rings. The van der Waals surface area contributed by atoms with E-state index in [1.54, 1.807) is 19.1 Å². The second-order valence-corrected chi connectivity index (χ2v) is 2.10. The van der Waals surface area contributed by atoms with E-state index in [0.29, 0.717) is 5.03 Å². The minimum Gasteiger partial charge on any atom is -0.513 e. The van der Waals surface area contributed by atoms with E-state index in [0.717, 1.165) is 0 Å². The van der Waals surface area contributed by atoms with Crippen LogP contribution in [0.4, 0.5) is 0 Å². The van der Waals surface area contributed by atoms with Crippen molar-refractivity contribution < 1.29 is 5.11 Å². The van der Waals surface area contributed by atoms with Crippen LogP contribution in [0.5, 0.6) is 0 Å². The first-order chi connectivity index (χ1) is 4.13. The molecule has 0 spiro atoms. The predicted molar refractivity (Wildman–Crippen MR) is 40.5 cm³/mol. The summed E-state index contributed by atoms with van der Waals surface area (Å²) in [6, 6.07) is 0.